The SMILES string of the molecule is CC(=O)OC1[C@H](OC2[C@H](OCC3O[C@@H](C)C(OCc4ccccc4)[C@@H](O[C@H]4OC(COCc5ccccc5)[C@@H](OCc5ccccc5)C(OCc5ccccc5)C4OCc4ccccc4)[C@H]3OCc3ccccc3)OC(COCc3ccccc3)[C@H](OCc3ccccc3)[C@@H]2OC(C)=O)OC(COCc2ccccc2)[C@H](OCc2ccccc2)[C@@H]1OC(C)=O. The van der Waals surface area contributed by atoms with Crippen LogP contribution in [-0.4, -0.2) is 167 Å². The highest BCUT2D eigenvalue weighted by atomic mass is 16.8. The summed E-state index contributed by atoms with van der Waals surface area (Å²) < 4.78 is 141. The number of hydrogen-bond acceptors (Lipinski definition) is 23. The van der Waals surface area contributed by atoms with Crippen molar-refractivity contribution in [2.45, 2.75) is 216 Å². The number of rotatable bonds is 43. The van der Waals surface area contributed by atoms with Crippen LogP contribution in [0, 0.1) is 0 Å². The van der Waals surface area contributed by atoms with Gasteiger partial charge in [0.25, 0.3) is 0 Å². The van der Waals surface area contributed by atoms with Gasteiger partial charge in [0.05, 0.1) is 98.6 Å². The Morgan fingerprint density at radius 2 is 0.444 bits per heavy atom. The van der Waals surface area contributed by atoms with Crippen LogP contribution < -0.4 is 0 Å². The smallest absolute Gasteiger partial charge is 0.303 e. The Hall–Kier alpha value is -10.1. The third-order valence-electron chi connectivity index (χ3n) is 21.7. The van der Waals surface area contributed by atoms with E-state index in [9.17, 15) is 14.4 Å². The predicted octanol–water partition coefficient (Wildman–Crippen LogP) is 15.3. The molecular weight excluding hydrogens is 1580 g/mol. The second-order valence-electron chi connectivity index (χ2n) is 31.1. The highest BCUT2D eigenvalue weighted by Crippen LogP contribution is 2.41. The fourth-order valence-electron chi connectivity index (χ4n) is 15.8. The lowest BCUT2D eigenvalue weighted by Crippen LogP contribution is -2.67. The maximum absolute atomic E-state index is 14.3. The van der Waals surface area contributed by atoms with Crippen LogP contribution in [0.25, 0.3) is 0 Å². The molecule has 652 valence electrons. The van der Waals surface area contributed by atoms with Gasteiger partial charge in [-0.2, -0.15) is 0 Å². The van der Waals surface area contributed by atoms with E-state index < -0.39 is 141 Å². The highest BCUT2D eigenvalue weighted by molar-refractivity contribution is 5.68. The molecule has 0 aliphatic carbocycles. The molecule has 4 fully saturated rings. The topological polar surface area (TPSA) is 236 Å². The molecule has 23 nitrogen and oxygen atoms in total. The number of hydrogen-bond donors (Lipinski definition) is 0. The van der Waals surface area contributed by atoms with Crippen LogP contribution in [0.4, 0.5) is 0 Å². The second kappa shape index (κ2) is 47.3. The molecule has 14 rings (SSSR count). The van der Waals surface area contributed by atoms with E-state index in [1.807, 2.05) is 310 Å². The first kappa shape index (κ1) is 90.2. The van der Waals surface area contributed by atoms with Crippen molar-refractivity contribution in [3.05, 3.63) is 359 Å². The summed E-state index contributed by atoms with van der Waals surface area (Å²) in [5, 5.41) is 0. The number of benzene rings is 10. The molecule has 0 aromatic heterocycles. The minimum atomic E-state index is -1.72. The van der Waals surface area contributed by atoms with Crippen LogP contribution in [0.5, 0.6) is 0 Å². The average molecular weight is 1690 g/mol. The predicted molar refractivity (Wildman–Crippen MR) is 456 cm³/mol. The minimum absolute atomic E-state index is 0.00812. The standard InChI is InChI=1S/C101H110O23/c1-69-87(108-58-76-41-21-8-22-42-76)93(123-100-96(114-64-82-53-33-14-34-54-82)92(113-63-81-51-31-13-32-52-81)88(109-59-77-43-23-9-24-44-77)83(121-100)65-105-55-73-35-15-5-16-36-73)91(112-62-80-49-29-12-30-50-80)86(116-69)68-115-99-97(94(117-70(2)102)89(110-60-78-45-25-10-26-46-78)84(120-99)66-106-56-74-37-17-6-18-38-74)124-101-98(119-72(4)104)95(118-71(3)103)90(111-61-79-47-27-11-28-48-79)85(122-101)67-107-57-75-39-19-7-20-40-75/h5-54,69,83-101H,55-68H2,1-4H3/t69-,83?,84?,85?,86?,87?,88+,89-,90-,91-,92?,93+,94-,95-,96?,97?,98?,99+,100+,101-/m0/s1. The molecule has 0 bridgehead atoms. The van der Waals surface area contributed by atoms with Gasteiger partial charge in [0.1, 0.15) is 73.2 Å². The average Bonchev–Trinajstić information content (AvgIpc) is 0.765. The minimum Gasteiger partial charge on any atom is -0.457 e. The van der Waals surface area contributed by atoms with Crippen molar-refractivity contribution in [3.63, 3.8) is 0 Å². The lowest BCUT2D eigenvalue weighted by molar-refractivity contribution is -0.381. The molecule has 0 spiro atoms. The molecular formula is C101H110O23. The molecule has 0 radical (unpaired) electrons. The molecule has 4 aliphatic heterocycles. The summed E-state index contributed by atoms with van der Waals surface area (Å²) in [7, 11) is 0. The van der Waals surface area contributed by atoms with Gasteiger partial charge in [-0.25, -0.2) is 0 Å². The van der Waals surface area contributed by atoms with Gasteiger partial charge < -0.3 is 94.7 Å². The Labute approximate surface area is 725 Å². The van der Waals surface area contributed by atoms with E-state index >= 15 is 0 Å². The van der Waals surface area contributed by atoms with Crippen molar-refractivity contribution in [1.29, 1.82) is 0 Å². The van der Waals surface area contributed by atoms with Crippen molar-refractivity contribution in [3.8, 4) is 0 Å². The van der Waals surface area contributed by atoms with Gasteiger partial charge in [-0.15, -0.1) is 0 Å². The van der Waals surface area contributed by atoms with E-state index in [4.69, 9.17) is 94.7 Å². The fraction of sp³-hybridized carbons (Fsp3) is 0.376. The molecule has 20 atom stereocenters. The van der Waals surface area contributed by atoms with Gasteiger partial charge in [-0.05, 0) is 62.6 Å². The molecule has 0 amide bonds. The highest BCUT2D eigenvalue weighted by Gasteiger charge is 2.59. The number of ether oxygens (including phenoxy) is 20. The van der Waals surface area contributed by atoms with E-state index in [1.165, 1.54) is 20.8 Å². The summed E-state index contributed by atoms with van der Waals surface area (Å²) in [6, 6.07) is 97.2. The largest absolute Gasteiger partial charge is 0.457 e. The van der Waals surface area contributed by atoms with Crippen LogP contribution in [0.1, 0.15) is 83.3 Å². The van der Waals surface area contributed by atoms with Gasteiger partial charge in [0, 0.05) is 20.8 Å². The van der Waals surface area contributed by atoms with E-state index in [-0.39, 0.29) is 92.5 Å². The summed E-state index contributed by atoms with van der Waals surface area (Å²) in [4.78, 5) is 41.9. The third kappa shape index (κ3) is 26.5. The zero-order valence-electron chi connectivity index (χ0n) is 70.2. The first-order valence-electron chi connectivity index (χ1n) is 42.4. The molecule has 4 heterocycles. The maximum Gasteiger partial charge on any atom is 0.303 e. The molecule has 10 aromatic carbocycles. The Morgan fingerprint density at radius 1 is 0.218 bits per heavy atom. The summed E-state index contributed by atoms with van der Waals surface area (Å²) in [5.41, 5.74) is 8.61. The fourth-order valence-corrected chi connectivity index (χ4v) is 15.8. The van der Waals surface area contributed by atoms with Gasteiger partial charge >= 0.3 is 17.9 Å². The van der Waals surface area contributed by atoms with Crippen LogP contribution in [0.15, 0.2) is 303 Å². The van der Waals surface area contributed by atoms with Crippen LogP contribution in [-0.2, 0) is 175 Å². The Kier molecular flexibility index (Phi) is 34.4. The van der Waals surface area contributed by atoms with Crippen molar-refractivity contribution >= 4 is 17.9 Å². The van der Waals surface area contributed by atoms with Gasteiger partial charge in [0.15, 0.2) is 43.3 Å². The lowest BCUT2D eigenvalue weighted by Gasteiger charge is -2.51. The molecule has 10 aromatic rings. The van der Waals surface area contributed by atoms with Crippen LogP contribution >= 0.6 is 0 Å². The first-order valence-corrected chi connectivity index (χ1v) is 42.4. The molecule has 0 N–H and O–H groups in total. The Bertz CT molecular complexity index is 4720. The normalized spacial score (nSPS) is 26.3. The maximum atomic E-state index is 14.3. The van der Waals surface area contributed by atoms with Gasteiger partial charge in [-0.1, -0.05) is 303 Å². The summed E-state index contributed by atoms with van der Waals surface area (Å²) >= 11 is 0. The Morgan fingerprint density at radius 3 is 0.758 bits per heavy atom. The van der Waals surface area contributed by atoms with E-state index in [2.05, 4.69) is 0 Å². The number of carbonyl (C=O) groups excluding carboxylic acids is 3. The van der Waals surface area contributed by atoms with Crippen molar-refractivity contribution in [2.24, 2.45) is 0 Å². The van der Waals surface area contributed by atoms with Crippen molar-refractivity contribution in [2.75, 3.05) is 26.4 Å². The number of esters is 3. The van der Waals surface area contributed by atoms with E-state index in [0.29, 0.717) is 0 Å². The van der Waals surface area contributed by atoms with Crippen LogP contribution in [0.2, 0.25) is 0 Å². The van der Waals surface area contributed by atoms with Gasteiger partial charge in [0.2, 0.25) is 0 Å². The quantitative estimate of drug-likeness (QED) is 0.0255. The second-order valence-corrected chi connectivity index (χ2v) is 31.1. The third-order valence-corrected chi connectivity index (χ3v) is 21.7. The van der Waals surface area contributed by atoms with Crippen molar-refractivity contribution in [1.82, 2.24) is 0 Å². The zero-order valence-corrected chi connectivity index (χ0v) is 70.2. The van der Waals surface area contributed by atoms with E-state index in [0.717, 1.165) is 55.6 Å². The van der Waals surface area contributed by atoms with Crippen molar-refractivity contribution < 1.29 is 109 Å². The molecule has 9 unspecified atom stereocenters. The molecule has 124 heavy (non-hydrogen) atoms. The Balaban J connectivity index is 0.876. The summed E-state index contributed by atoms with van der Waals surface area (Å²) in [6.45, 7) is 6.03. The number of carbonyl (C=O) groups is 3. The molecule has 4 aliphatic rings. The summed E-state index contributed by atoms with van der Waals surface area (Å²) in [6.07, 6.45) is -24.3. The monoisotopic (exact) mass is 1690 g/mol. The first-order chi connectivity index (χ1) is 60.9. The summed E-state index contributed by atoms with van der Waals surface area (Å²) in [5.74, 6) is -2.26. The molecule has 0 saturated carbocycles. The van der Waals surface area contributed by atoms with Gasteiger partial charge in [-0.3, -0.25) is 14.4 Å². The molecule has 4 saturated heterocycles. The molecule has 23 heteroatoms. The zero-order chi connectivity index (χ0) is 85.4. The van der Waals surface area contributed by atoms with E-state index in [1.54, 1.807) is 0 Å². The lowest BCUT2D eigenvalue weighted by atomic mass is 9.93. The van der Waals surface area contributed by atoms with Crippen LogP contribution in [0.3, 0.4) is 0 Å².